The lowest BCUT2D eigenvalue weighted by Crippen LogP contribution is -2.32. The molecular formula is C22H24N2O5. The Balaban J connectivity index is 1.28. The predicted octanol–water partition coefficient (Wildman–Crippen LogP) is 2.53. The van der Waals surface area contributed by atoms with Crippen molar-refractivity contribution in [3.63, 3.8) is 0 Å². The molecule has 2 aliphatic rings. The summed E-state index contributed by atoms with van der Waals surface area (Å²) in [5.74, 6) is 2.22. The number of rotatable bonds is 7. The van der Waals surface area contributed by atoms with Gasteiger partial charge in [0.05, 0.1) is 13.0 Å². The van der Waals surface area contributed by atoms with Crippen LogP contribution in [0.5, 0.6) is 17.2 Å². The summed E-state index contributed by atoms with van der Waals surface area (Å²) in [4.78, 5) is 26.4. The molecular weight excluding hydrogens is 372 g/mol. The summed E-state index contributed by atoms with van der Waals surface area (Å²) in [5.41, 5.74) is 1.72. The maximum atomic E-state index is 12.4. The van der Waals surface area contributed by atoms with Gasteiger partial charge in [-0.3, -0.25) is 9.59 Å². The minimum atomic E-state index is -0.0526. The predicted molar refractivity (Wildman–Crippen MR) is 107 cm³/mol. The van der Waals surface area contributed by atoms with Gasteiger partial charge in [-0.15, -0.1) is 0 Å². The van der Waals surface area contributed by atoms with Gasteiger partial charge in [0.25, 0.3) is 0 Å². The summed E-state index contributed by atoms with van der Waals surface area (Å²) in [6.45, 7) is 3.80. The summed E-state index contributed by atoms with van der Waals surface area (Å²) < 4.78 is 16.1. The topological polar surface area (TPSA) is 77.1 Å². The van der Waals surface area contributed by atoms with Crippen LogP contribution in [0.4, 0.5) is 5.69 Å². The number of nitrogens with one attached hydrogen (secondary N) is 1. The minimum absolute atomic E-state index is 0.0506. The first kappa shape index (κ1) is 19.1. The van der Waals surface area contributed by atoms with Gasteiger partial charge in [-0.2, -0.15) is 0 Å². The van der Waals surface area contributed by atoms with Gasteiger partial charge < -0.3 is 24.4 Å². The monoisotopic (exact) mass is 396 g/mol. The molecule has 1 fully saturated rings. The Morgan fingerprint density at radius 3 is 2.76 bits per heavy atom. The van der Waals surface area contributed by atoms with Crippen LogP contribution in [0, 0.1) is 5.92 Å². The number of carbonyl (C=O) groups is 2. The molecule has 29 heavy (non-hydrogen) atoms. The molecule has 0 saturated carbocycles. The van der Waals surface area contributed by atoms with E-state index in [0.29, 0.717) is 44.0 Å². The number of fused-ring (bicyclic) bond motifs is 1. The fraction of sp³-hybridized carbons (Fsp3) is 0.364. The normalized spacial score (nSPS) is 17.5. The second-order valence-electron chi connectivity index (χ2n) is 7.17. The fourth-order valence-electron chi connectivity index (χ4n) is 3.60. The van der Waals surface area contributed by atoms with Crippen LogP contribution in [0.2, 0.25) is 0 Å². The standard InChI is InChI=1S/C22H24N2O5/c1-2-27-18-6-3-15(4-7-18)9-21(25)23-12-16-10-22(26)24(13-16)17-5-8-19-20(11-17)29-14-28-19/h3-8,11,16H,2,9-10,12-14H2,1H3,(H,23,25). The summed E-state index contributed by atoms with van der Waals surface area (Å²) in [7, 11) is 0. The van der Waals surface area contributed by atoms with Crippen LogP contribution >= 0.6 is 0 Å². The molecule has 0 bridgehead atoms. The molecule has 7 nitrogen and oxygen atoms in total. The molecule has 2 amide bonds. The number of carbonyl (C=O) groups excluding carboxylic acids is 2. The summed E-state index contributed by atoms with van der Waals surface area (Å²) in [6, 6.07) is 13.0. The van der Waals surface area contributed by atoms with Crippen LogP contribution in [0.1, 0.15) is 18.9 Å². The Kier molecular flexibility index (Phi) is 5.55. The molecule has 2 aliphatic heterocycles. The number of hydrogen-bond donors (Lipinski definition) is 1. The number of ether oxygens (including phenoxy) is 3. The van der Waals surface area contributed by atoms with Crippen molar-refractivity contribution >= 4 is 17.5 Å². The second-order valence-corrected chi connectivity index (χ2v) is 7.17. The Morgan fingerprint density at radius 2 is 1.97 bits per heavy atom. The highest BCUT2D eigenvalue weighted by molar-refractivity contribution is 5.96. The zero-order valence-corrected chi connectivity index (χ0v) is 16.3. The van der Waals surface area contributed by atoms with E-state index < -0.39 is 0 Å². The Morgan fingerprint density at radius 1 is 1.17 bits per heavy atom. The molecule has 0 spiro atoms. The van der Waals surface area contributed by atoms with E-state index in [1.165, 1.54) is 0 Å². The summed E-state index contributed by atoms with van der Waals surface area (Å²) in [6.07, 6.45) is 0.719. The molecule has 1 saturated heterocycles. The quantitative estimate of drug-likeness (QED) is 0.778. The van der Waals surface area contributed by atoms with Gasteiger partial charge in [0.1, 0.15) is 5.75 Å². The lowest BCUT2D eigenvalue weighted by molar-refractivity contribution is -0.121. The van der Waals surface area contributed by atoms with Crippen LogP contribution in [0.25, 0.3) is 0 Å². The Labute approximate surface area is 169 Å². The lowest BCUT2D eigenvalue weighted by Gasteiger charge is -2.17. The average Bonchev–Trinajstić information content (AvgIpc) is 3.33. The third kappa shape index (κ3) is 4.45. The average molecular weight is 396 g/mol. The molecule has 152 valence electrons. The van der Waals surface area contributed by atoms with Gasteiger partial charge in [-0.05, 0) is 36.8 Å². The number of amides is 2. The molecule has 2 aromatic rings. The fourth-order valence-corrected chi connectivity index (χ4v) is 3.60. The summed E-state index contributed by atoms with van der Waals surface area (Å²) in [5, 5.41) is 2.95. The van der Waals surface area contributed by atoms with Crippen molar-refractivity contribution in [2.45, 2.75) is 19.8 Å². The van der Waals surface area contributed by atoms with Crippen LogP contribution in [0.3, 0.4) is 0 Å². The molecule has 1 N–H and O–H groups in total. The zero-order valence-electron chi connectivity index (χ0n) is 16.3. The molecule has 0 aromatic heterocycles. The highest BCUT2D eigenvalue weighted by Crippen LogP contribution is 2.37. The van der Waals surface area contributed by atoms with Gasteiger partial charge in [0, 0.05) is 37.2 Å². The van der Waals surface area contributed by atoms with Gasteiger partial charge in [-0.1, -0.05) is 12.1 Å². The van der Waals surface area contributed by atoms with E-state index >= 15 is 0 Å². The number of nitrogens with zero attached hydrogens (tertiary/aromatic N) is 1. The molecule has 0 radical (unpaired) electrons. The molecule has 2 heterocycles. The van der Waals surface area contributed by atoms with Gasteiger partial charge in [0.15, 0.2) is 11.5 Å². The van der Waals surface area contributed by atoms with Gasteiger partial charge in [0.2, 0.25) is 18.6 Å². The van der Waals surface area contributed by atoms with E-state index in [4.69, 9.17) is 14.2 Å². The van der Waals surface area contributed by atoms with Crippen molar-refractivity contribution < 1.29 is 23.8 Å². The first-order valence-electron chi connectivity index (χ1n) is 9.81. The molecule has 4 rings (SSSR count). The molecule has 1 atom stereocenters. The first-order valence-corrected chi connectivity index (χ1v) is 9.81. The van der Waals surface area contributed by atoms with Crippen LogP contribution in [-0.2, 0) is 16.0 Å². The van der Waals surface area contributed by atoms with Crippen LogP contribution in [-0.4, -0.2) is 38.3 Å². The smallest absolute Gasteiger partial charge is 0.231 e. The number of anilines is 1. The highest BCUT2D eigenvalue weighted by Gasteiger charge is 2.31. The van der Waals surface area contributed by atoms with Gasteiger partial charge in [-0.25, -0.2) is 0 Å². The third-order valence-electron chi connectivity index (χ3n) is 5.06. The van der Waals surface area contributed by atoms with Crippen LogP contribution < -0.4 is 24.4 Å². The van der Waals surface area contributed by atoms with Crippen molar-refractivity contribution in [1.29, 1.82) is 0 Å². The molecule has 0 aliphatic carbocycles. The van der Waals surface area contributed by atoms with Crippen molar-refractivity contribution in [2.75, 3.05) is 31.4 Å². The van der Waals surface area contributed by atoms with Crippen molar-refractivity contribution in [2.24, 2.45) is 5.92 Å². The first-order chi connectivity index (χ1) is 14.1. The maximum absolute atomic E-state index is 12.4. The Hall–Kier alpha value is -3.22. The Bertz CT molecular complexity index is 897. The largest absolute Gasteiger partial charge is 0.494 e. The van der Waals surface area contributed by atoms with E-state index in [-0.39, 0.29) is 24.5 Å². The van der Waals surface area contributed by atoms with Crippen LogP contribution in [0.15, 0.2) is 42.5 Å². The van der Waals surface area contributed by atoms with Gasteiger partial charge >= 0.3 is 0 Å². The SMILES string of the molecule is CCOc1ccc(CC(=O)NCC2CC(=O)N(c3ccc4c(c3)OCO4)C2)cc1. The van der Waals surface area contributed by atoms with E-state index in [9.17, 15) is 9.59 Å². The van der Waals surface area contributed by atoms with Crippen molar-refractivity contribution in [1.82, 2.24) is 5.32 Å². The highest BCUT2D eigenvalue weighted by atomic mass is 16.7. The third-order valence-corrected chi connectivity index (χ3v) is 5.06. The maximum Gasteiger partial charge on any atom is 0.231 e. The molecule has 1 unspecified atom stereocenters. The number of hydrogen-bond acceptors (Lipinski definition) is 5. The second kappa shape index (κ2) is 8.43. The van der Waals surface area contributed by atoms with E-state index in [1.807, 2.05) is 49.4 Å². The molecule has 2 aromatic carbocycles. The lowest BCUT2D eigenvalue weighted by atomic mass is 10.1. The zero-order chi connectivity index (χ0) is 20.2. The van der Waals surface area contributed by atoms with E-state index in [0.717, 1.165) is 17.0 Å². The van der Waals surface area contributed by atoms with Crippen molar-refractivity contribution in [3.05, 3.63) is 48.0 Å². The van der Waals surface area contributed by atoms with Crippen molar-refractivity contribution in [3.8, 4) is 17.2 Å². The number of benzene rings is 2. The van der Waals surface area contributed by atoms with E-state index in [2.05, 4.69) is 5.32 Å². The summed E-state index contributed by atoms with van der Waals surface area (Å²) >= 11 is 0. The molecule has 7 heteroatoms. The van der Waals surface area contributed by atoms with E-state index in [1.54, 1.807) is 4.90 Å². The minimum Gasteiger partial charge on any atom is -0.494 e.